The zero-order valence-corrected chi connectivity index (χ0v) is 17.6. The van der Waals surface area contributed by atoms with Crippen molar-refractivity contribution in [2.75, 3.05) is 18.0 Å². The molecular formula is C21H28N2O4S. The fraction of sp³-hybridized carbons (Fsp3) is 0.381. The number of carbonyl (C=O) groups is 1. The number of methoxy groups -OCH3 is 1. The molecule has 0 spiro atoms. The number of benzene rings is 2. The van der Waals surface area contributed by atoms with Crippen LogP contribution in [0.1, 0.15) is 32.3 Å². The highest BCUT2D eigenvalue weighted by Crippen LogP contribution is 2.33. The summed E-state index contributed by atoms with van der Waals surface area (Å²) in [7, 11) is -2.48. The Morgan fingerprint density at radius 2 is 1.86 bits per heavy atom. The van der Waals surface area contributed by atoms with Gasteiger partial charge in [-0.05, 0) is 50.1 Å². The molecule has 1 atom stereocenters. The predicted octanol–water partition coefficient (Wildman–Crippen LogP) is 3.50. The van der Waals surface area contributed by atoms with Crippen molar-refractivity contribution in [1.82, 2.24) is 5.32 Å². The molecule has 152 valence electrons. The van der Waals surface area contributed by atoms with Gasteiger partial charge in [0.1, 0.15) is 12.3 Å². The number of nitrogens with one attached hydrogen (secondary N) is 1. The van der Waals surface area contributed by atoms with Crippen LogP contribution in [0.5, 0.6) is 5.75 Å². The van der Waals surface area contributed by atoms with Gasteiger partial charge in [-0.15, -0.1) is 0 Å². The summed E-state index contributed by atoms with van der Waals surface area (Å²) in [4.78, 5) is 12.7. The highest BCUT2D eigenvalue weighted by atomic mass is 32.2. The van der Waals surface area contributed by atoms with Crippen molar-refractivity contribution in [1.29, 1.82) is 0 Å². The van der Waals surface area contributed by atoms with Gasteiger partial charge >= 0.3 is 0 Å². The molecule has 2 aromatic rings. The summed E-state index contributed by atoms with van der Waals surface area (Å²) in [6.07, 6.45) is 1.75. The van der Waals surface area contributed by atoms with Crippen LogP contribution < -0.4 is 14.4 Å². The van der Waals surface area contributed by atoms with Crippen LogP contribution in [0.2, 0.25) is 0 Å². The number of nitrogens with zero attached hydrogens (tertiary/aromatic N) is 1. The first-order valence-electron chi connectivity index (χ1n) is 9.31. The molecule has 0 saturated carbocycles. The van der Waals surface area contributed by atoms with Gasteiger partial charge in [0.2, 0.25) is 5.91 Å². The lowest BCUT2D eigenvalue weighted by Crippen LogP contribution is -2.43. The number of hydrogen-bond donors (Lipinski definition) is 1. The minimum Gasteiger partial charge on any atom is -0.495 e. The molecule has 28 heavy (non-hydrogen) atoms. The van der Waals surface area contributed by atoms with Gasteiger partial charge in [-0.25, -0.2) is 8.42 Å². The van der Waals surface area contributed by atoms with Crippen molar-refractivity contribution in [2.45, 2.75) is 44.6 Å². The molecule has 0 heterocycles. The average molecular weight is 405 g/mol. The molecule has 2 aromatic carbocycles. The molecule has 2 rings (SSSR count). The molecule has 0 bridgehead atoms. The van der Waals surface area contributed by atoms with Gasteiger partial charge in [-0.1, -0.05) is 37.6 Å². The van der Waals surface area contributed by atoms with Crippen molar-refractivity contribution in [2.24, 2.45) is 0 Å². The van der Waals surface area contributed by atoms with Crippen LogP contribution >= 0.6 is 0 Å². The van der Waals surface area contributed by atoms with E-state index in [9.17, 15) is 13.2 Å². The topological polar surface area (TPSA) is 75.7 Å². The second kappa shape index (κ2) is 9.59. The van der Waals surface area contributed by atoms with E-state index in [-0.39, 0.29) is 23.4 Å². The molecule has 1 N–H and O–H groups in total. The lowest BCUT2D eigenvalue weighted by Gasteiger charge is -2.26. The Hall–Kier alpha value is -2.54. The van der Waals surface area contributed by atoms with Crippen molar-refractivity contribution < 1.29 is 17.9 Å². The summed E-state index contributed by atoms with van der Waals surface area (Å²) in [5.41, 5.74) is 1.20. The molecule has 6 nitrogen and oxygen atoms in total. The smallest absolute Gasteiger partial charge is 0.264 e. The lowest BCUT2D eigenvalue weighted by molar-refractivity contribution is -0.120. The normalized spacial score (nSPS) is 12.3. The standard InChI is InChI=1S/C21H28N2O4S/c1-5-9-17(3)22-21(24)15-23(19-14-16(2)12-13-20(19)27-4)28(25,26)18-10-7-6-8-11-18/h6-8,10-14,17H,5,9,15H2,1-4H3,(H,22,24)/t17-/m0/s1. The Kier molecular flexibility index (Phi) is 7.45. The Balaban J connectivity index is 2.48. The number of rotatable bonds is 9. The Morgan fingerprint density at radius 3 is 2.46 bits per heavy atom. The minimum atomic E-state index is -3.95. The number of aryl methyl sites for hydroxylation is 1. The van der Waals surface area contributed by atoms with E-state index >= 15 is 0 Å². The van der Waals surface area contributed by atoms with Crippen LogP contribution in [0.4, 0.5) is 5.69 Å². The van der Waals surface area contributed by atoms with Crippen LogP contribution in [0.15, 0.2) is 53.4 Å². The third kappa shape index (κ3) is 5.25. The van der Waals surface area contributed by atoms with Gasteiger partial charge in [0.05, 0.1) is 17.7 Å². The van der Waals surface area contributed by atoms with E-state index in [1.807, 2.05) is 26.8 Å². The summed E-state index contributed by atoms with van der Waals surface area (Å²) in [6, 6.07) is 13.3. The van der Waals surface area contributed by atoms with E-state index in [2.05, 4.69) is 5.32 Å². The van der Waals surface area contributed by atoms with Crippen LogP contribution in [0.25, 0.3) is 0 Å². The van der Waals surface area contributed by atoms with E-state index in [1.165, 1.54) is 19.2 Å². The summed E-state index contributed by atoms with van der Waals surface area (Å²) in [6.45, 7) is 5.47. The van der Waals surface area contributed by atoms with Gasteiger partial charge in [-0.3, -0.25) is 9.10 Å². The first-order chi connectivity index (χ1) is 13.3. The van der Waals surface area contributed by atoms with Crippen molar-refractivity contribution in [3.05, 3.63) is 54.1 Å². The third-order valence-corrected chi connectivity index (χ3v) is 6.12. The predicted molar refractivity (Wildman–Crippen MR) is 111 cm³/mol. The summed E-state index contributed by atoms with van der Waals surface area (Å²) in [5.74, 6) is 0.0310. The highest BCUT2D eigenvalue weighted by Gasteiger charge is 2.29. The van der Waals surface area contributed by atoms with Gasteiger partial charge < -0.3 is 10.1 Å². The lowest BCUT2D eigenvalue weighted by atomic mass is 10.2. The third-order valence-electron chi connectivity index (χ3n) is 4.35. The maximum absolute atomic E-state index is 13.3. The molecule has 0 aliphatic carbocycles. The number of carbonyl (C=O) groups excluding carboxylic acids is 1. The zero-order valence-electron chi connectivity index (χ0n) is 16.8. The molecule has 0 radical (unpaired) electrons. The van der Waals surface area contributed by atoms with Crippen LogP contribution in [0, 0.1) is 6.92 Å². The van der Waals surface area contributed by atoms with Crippen molar-refractivity contribution in [3.63, 3.8) is 0 Å². The van der Waals surface area contributed by atoms with Gasteiger partial charge in [-0.2, -0.15) is 0 Å². The van der Waals surface area contributed by atoms with E-state index in [4.69, 9.17) is 4.74 Å². The number of anilines is 1. The van der Waals surface area contributed by atoms with E-state index in [0.29, 0.717) is 11.4 Å². The number of ether oxygens (including phenoxy) is 1. The maximum Gasteiger partial charge on any atom is 0.264 e. The van der Waals surface area contributed by atoms with Gasteiger partial charge in [0, 0.05) is 6.04 Å². The number of amides is 1. The summed E-state index contributed by atoms with van der Waals surface area (Å²) >= 11 is 0. The first-order valence-corrected chi connectivity index (χ1v) is 10.8. The molecule has 0 unspecified atom stereocenters. The highest BCUT2D eigenvalue weighted by molar-refractivity contribution is 7.92. The average Bonchev–Trinajstić information content (AvgIpc) is 2.66. The van der Waals surface area contributed by atoms with E-state index in [0.717, 1.165) is 22.7 Å². The molecule has 0 aliphatic rings. The quantitative estimate of drug-likeness (QED) is 0.694. The largest absolute Gasteiger partial charge is 0.495 e. The fourth-order valence-corrected chi connectivity index (χ4v) is 4.41. The Bertz CT molecular complexity index is 898. The van der Waals surface area contributed by atoms with Crippen LogP contribution in [-0.4, -0.2) is 34.0 Å². The van der Waals surface area contributed by atoms with Crippen molar-refractivity contribution in [3.8, 4) is 5.75 Å². The second-order valence-electron chi connectivity index (χ2n) is 6.76. The fourth-order valence-electron chi connectivity index (χ4n) is 2.97. The summed E-state index contributed by atoms with van der Waals surface area (Å²) in [5, 5.41) is 2.87. The summed E-state index contributed by atoms with van der Waals surface area (Å²) < 4.78 is 33.2. The first kappa shape index (κ1) is 21.8. The number of hydrogen-bond acceptors (Lipinski definition) is 4. The van der Waals surface area contributed by atoms with E-state index in [1.54, 1.807) is 30.3 Å². The molecular weight excluding hydrogens is 376 g/mol. The second-order valence-corrected chi connectivity index (χ2v) is 8.62. The van der Waals surface area contributed by atoms with Crippen LogP contribution in [-0.2, 0) is 14.8 Å². The molecule has 0 aromatic heterocycles. The molecule has 7 heteroatoms. The maximum atomic E-state index is 13.3. The Labute approximate surface area is 167 Å². The monoisotopic (exact) mass is 404 g/mol. The van der Waals surface area contributed by atoms with Gasteiger partial charge in [0.25, 0.3) is 10.0 Å². The zero-order chi connectivity index (χ0) is 20.7. The molecule has 0 saturated heterocycles. The number of sulfonamides is 1. The Morgan fingerprint density at radius 1 is 1.18 bits per heavy atom. The molecule has 0 aliphatic heterocycles. The SMILES string of the molecule is CCC[C@H](C)NC(=O)CN(c1cc(C)ccc1OC)S(=O)(=O)c1ccccc1. The molecule has 0 fully saturated rings. The van der Waals surface area contributed by atoms with E-state index < -0.39 is 10.0 Å². The van der Waals surface area contributed by atoms with Crippen molar-refractivity contribution >= 4 is 21.6 Å². The minimum absolute atomic E-state index is 0.0295. The van der Waals surface area contributed by atoms with Crippen LogP contribution in [0.3, 0.4) is 0 Å². The molecule has 1 amide bonds. The van der Waals surface area contributed by atoms with Gasteiger partial charge in [0.15, 0.2) is 0 Å².